The molecule has 0 spiro atoms. The Morgan fingerprint density at radius 2 is 2.25 bits per heavy atom. The van der Waals surface area contributed by atoms with Crippen molar-refractivity contribution in [2.24, 2.45) is 0 Å². The fraction of sp³-hybridized carbons (Fsp3) is 0.800. The van der Waals surface area contributed by atoms with Crippen LogP contribution in [0, 0.1) is 5.21 Å². The molecule has 0 fully saturated rings. The van der Waals surface area contributed by atoms with Crippen LogP contribution in [0.3, 0.4) is 0 Å². The minimum Gasteiger partial charge on any atom is -0.623 e. The normalized spacial score (nSPS) is 13.4. The summed E-state index contributed by atoms with van der Waals surface area (Å²) < 4.78 is 0.907. The molecule has 0 rings (SSSR count). The molecule has 0 amide bonds. The van der Waals surface area contributed by atoms with E-state index in [-0.39, 0.29) is 0 Å². The van der Waals surface area contributed by atoms with E-state index in [9.17, 15) is 5.21 Å². The predicted molar refractivity (Wildman–Crippen MR) is 38.4 cm³/mol. The first-order valence-corrected chi connectivity index (χ1v) is 3.75. The maximum absolute atomic E-state index is 10.5. The highest BCUT2D eigenvalue weighted by molar-refractivity contribution is 8.13. The lowest BCUT2D eigenvalue weighted by molar-refractivity contribution is -0.420. The Kier molecular flexibility index (Phi) is 3.69. The topological polar surface area (TPSA) is 26.1 Å². The van der Waals surface area contributed by atoms with E-state index in [0.29, 0.717) is 0 Å². The third-order valence-corrected chi connectivity index (χ3v) is 1.91. The van der Waals surface area contributed by atoms with Crippen LogP contribution >= 0.6 is 11.8 Å². The van der Waals surface area contributed by atoms with Gasteiger partial charge in [0.15, 0.2) is 0 Å². The zero-order chi connectivity index (χ0) is 6.57. The molecule has 0 aromatic carbocycles. The monoisotopic (exact) mass is 133 g/mol. The van der Waals surface area contributed by atoms with Crippen LogP contribution in [0.2, 0.25) is 0 Å². The lowest BCUT2D eigenvalue weighted by Crippen LogP contribution is -2.05. The first-order valence-electron chi connectivity index (χ1n) is 2.53. The molecule has 0 bridgehead atoms. The van der Waals surface area contributed by atoms with Gasteiger partial charge in [0.05, 0.1) is 0 Å². The van der Waals surface area contributed by atoms with Crippen molar-refractivity contribution < 1.29 is 4.74 Å². The van der Waals surface area contributed by atoms with Gasteiger partial charge in [-0.1, -0.05) is 18.7 Å². The maximum Gasteiger partial charge on any atom is 0.220 e. The molecule has 2 nitrogen and oxygen atoms in total. The van der Waals surface area contributed by atoms with Gasteiger partial charge < -0.3 is 5.21 Å². The van der Waals surface area contributed by atoms with Crippen LogP contribution in [-0.4, -0.2) is 23.1 Å². The lowest BCUT2D eigenvalue weighted by atomic mass is 10.5. The average Bonchev–Trinajstić information content (AvgIpc) is 1.69. The van der Waals surface area contributed by atoms with Crippen LogP contribution < -0.4 is 0 Å². The van der Waals surface area contributed by atoms with Gasteiger partial charge in [-0.3, -0.25) is 0 Å². The number of nitrogens with zero attached hydrogens (tertiary/aromatic N) is 1. The van der Waals surface area contributed by atoms with E-state index >= 15 is 0 Å². The average molecular weight is 133 g/mol. The molecule has 0 heterocycles. The summed E-state index contributed by atoms with van der Waals surface area (Å²) >= 11 is 1.51. The minimum atomic E-state index is 0.834. The van der Waals surface area contributed by atoms with Gasteiger partial charge >= 0.3 is 0 Å². The van der Waals surface area contributed by atoms with E-state index in [1.165, 1.54) is 18.8 Å². The number of rotatable bonds is 1. The number of thioether (sulfide) groups is 1. The van der Waals surface area contributed by atoms with E-state index in [2.05, 4.69) is 0 Å². The van der Waals surface area contributed by atoms with Crippen molar-refractivity contribution >= 4 is 16.8 Å². The maximum atomic E-state index is 10.5. The fourth-order valence-electron chi connectivity index (χ4n) is 0.496. The van der Waals surface area contributed by atoms with Crippen LogP contribution in [0.15, 0.2) is 0 Å². The van der Waals surface area contributed by atoms with Gasteiger partial charge in [0.2, 0.25) is 5.04 Å². The van der Waals surface area contributed by atoms with Gasteiger partial charge in [0.1, 0.15) is 7.05 Å². The Hall–Kier alpha value is -0.180. The van der Waals surface area contributed by atoms with E-state index in [4.69, 9.17) is 0 Å². The predicted octanol–water partition coefficient (Wildman–Crippen LogP) is 1.30. The van der Waals surface area contributed by atoms with Crippen LogP contribution in [0.25, 0.3) is 0 Å². The molecule has 0 aliphatic carbocycles. The van der Waals surface area contributed by atoms with Gasteiger partial charge in [0.25, 0.3) is 0 Å². The first kappa shape index (κ1) is 7.82. The Morgan fingerprint density at radius 1 is 1.75 bits per heavy atom. The third-order valence-electron chi connectivity index (χ3n) is 0.889. The van der Waals surface area contributed by atoms with Gasteiger partial charge in [-0.15, -0.1) is 0 Å². The van der Waals surface area contributed by atoms with Crippen LogP contribution in [0.1, 0.15) is 13.3 Å². The lowest BCUT2D eigenvalue weighted by Gasteiger charge is -1.99. The molecule has 0 aliphatic heterocycles. The highest BCUT2D eigenvalue weighted by Gasteiger charge is 1.97. The third kappa shape index (κ3) is 2.21. The molecule has 0 aromatic heterocycles. The Bertz CT molecular complexity index is 90.6. The second-order valence-corrected chi connectivity index (χ2v) is 2.33. The molecule has 0 aliphatic rings. The van der Waals surface area contributed by atoms with Crippen molar-refractivity contribution in [3.63, 3.8) is 0 Å². The molecule has 0 aromatic rings. The summed E-state index contributed by atoms with van der Waals surface area (Å²) in [4.78, 5) is 0. The molecule has 8 heavy (non-hydrogen) atoms. The standard InChI is InChI=1S/C5H11NOS/c1-4-5(8-3)6(2)7/h4H2,1-3H3. The van der Waals surface area contributed by atoms with Gasteiger partial charge in [-0.2, -0.15) is 0 Å². The molecule has 0 atom stereocenters. The molecule has 0 saturated carbocycles. The molecule has 48 valence electrons. The molecular weight excluding hydrogens is 122 g/mol. The van der Waals surface area contributed by atoms with Crippen molar-refractivity contribution in [1.82, 2.24) is 0 Å². The number of hydrogen-bond donors (Lipinski definition) is 0. The van der Waals surface area contributed by atoms with Crippen molar-refractivity contribution in [2.75, 3.05) is 13.3 Å². The van der Waals surface area contributed by atoms with Crippen LogP contribution in [0.5, 0.6) is 0 Å². The highest BCUT2D eigenvalue weighted by Crippen LogP contribution is 1.99. The van der Waals surface area contributed by atoms with Crippen molar-refractivity contribution in [3.05, 3.63) is 5.21 Å². The summed E-state index contributed by atoms with van der Waals surface area (Å²) in [6.07, 6.45) is 2.74. The second kappa shape index (κ2) is 3.78. The number of hydrogen-bond acceptors (Lipinski definition) is 2. The first-order chi connectivity index (χ1) is 3.72. The molecule has 0 unspecified atom stereocenters. The molecule has 0 saturated heterocycles. The summed E-state index contributed by atoms with van der Waals surface area (Å²) in [7, 11) is 1.52. The van der Waals surface area contributed by atoms with Crippen molar-refractivity contribution in [3.8, 4) is 0 Å². The van der Waals surface area contributed by atoms with Crippen LogP contribution in [-0.2, 0) is 0 Å². The fourth-order valence-corrected chi connectivity index (χ4v) is 1.04. The smallest absolute Gasteiger partial charge is 0.220 e. The minimum absolute atomic E-state index is 0.834. The van der Waals surface area contributed by atoms with E-state index < -0.39 is 0 Å². The van der Waals surface area contributed by atoms with E-state index in [1.54, 1.807) is 0 Å². The summed E-state index contributed by atoms with van der Waals surface area (Å²) in [5, 5.41) is 11.3. The van der Waals surface area contributed by atoms with E-state index in [0.717, 1.165) is 16.2 Å². The van der Waals surface area contributed by atoms with Gasteiger partial charge in [-0.05, 0) is 6.26 Å². The Labute approximate surface area is 54.2 Å². The Balaban J connectivity index is 3.86. The van der Waals surface area contributed by atoms with Crippen molar-refractivity contribution in [2.45, 2.75) is 13.3 Å². The SMILES string of the molecule is CCC(SC)=[N+](C)[O-]. The van der Waals surface area contributed by atoms with E-state index in [1.807, 2.05) is 13.2 Å². The summed E-state index contributed by atoms with van der Waals surface area (Å²) in [5.74, 6) is 0. The summed E-state index contributed by atoms with van der Waals surface area (Å²) in [6, 6.07) is 0. The van der Waals surface area contributed by atoms with Gasteiger partial charge in [0, 0.05) is 6.42 Å². The highest BCUT2D eigenvalue weighted by atomic mass is 32.2. The molecule has 0 radical (unpaired) electrons. The number of hydroxylamine groups is 1. The summed E-state index contributed by atoms with van der Waals surface area (Å²) in [6.45, 7) is 1.97. The second-order valence-electron chi connectivity index (χ2n) is 1.45. The largest absolute Gasteiger partial charge is 0.623 e. The zero-order valence-electron chi connectivity index (χ0n) is 5.47. The molecular formula is C5H11NOS. The van der Waals surface area contributed by atoms with Crippen LogP contribution in [0.4, 0.5) is 0 Å². The zero-order valence-corrected chi connectivity index (χ0v) is 6.29. The Morgan fingerprint density at radius 3 is 2.25 bits per heavy atom. The summed E-state index contributed by atoms with van der Waals surface area (Å²) in [5.41, 5.74) is 0. The van der Waals surface area contributed by atoms with Crippen molar-refractivity contribution in [1.29, 1.82) is 0 Å². The quantitative estimate of drug-likeness (QED) is 0.177. The molecule has 0 N–H and O–H groups in total. The molecule has 3 heteroatoms. The van der Waals surface area contributed by atoms with Gasteiger partial charge in [-0.25, -0.2) is 4.74 Å².